The first-order valence-corrected chi connectivity index (χ1v) is 8.12. The molecule has 1 aromatic carbocycles. The summed E-state index contributed by atoms with van der Waals surface area (Å²) in [6.45, 7) is 8.27. The van der Waals surface area contributed by atoms with E-state index in [0.29, 0.717) is 12.2 Å². The summed E-state index contributed by atoms with van der Waals surface area (Å²) in [7, 11) is 0. The van der Waals surface area contributed by atoms with Crippen LogP contribution >= 0.6 is 0 Å². The number of hydrogen-bond donors (Lipinski definition) is 0. The number of nitrogens with zero attached hydrogens (tertiary/aromatic N) is 1. The maximum Gasteiger partial charge on any atom is 0.163 e. The first kappa shape index (κ1) is 16.0. The average Bonchev–Trinajstić information content (AvgIpc) is 2.47. The summed E-state index contributed by atoms with van der Waals surface area (Å²) >= 11 is 0. The number of rotatable bonds is 7. The summed E-state index contributed by atoms with van der Waals surface area (Å²) in [4.78, 5) is 14.1. The van der Waals surface area contributed by atoms with Crippen molar-refractivity contribution in [3.8, 4) is 5.75 Å². The van der Waals surface area contributed by atoms with E-state index in [1.807, 2.05) is 24.3 Å². The first-order chi connectivity index (χ1) is 10.2. The molecule has 0 amide bonds. The Balaban J connectivity index is 1.67. The van der Waals surface area contributed by atoms with E-state index in [2.05, 4.69) is 11.8 Å². The molecule has 0 bridgehead atoms. The number of Topliss-reactive ketones (excluding diaryl/α,β-unsaturated/α-hetero) is 1. The van der Waals surface area contributed by atoms with Crippen molar-refractivity contribution in [1.82, 2.24) is 4.90 Å². The Morgan fingerprint density at radius 1 is 1.33 bits per heavy atom. The fourth-order valence-electron chi connectivity index (χ4n) is 2.99. The number of unbranched alkanes of at least 4 members (excludes halogenated alkanes) is 1. The quantitative estimate of drug-likeness (QED) is 0.565. The number of carbonyl (C=O) groups excluding carboxylic acids is 1. The normalized spacial score (nSPS) is 19.4. The minimum atomic E-state index is 0.0629. The van der Waals surface area contributed by atoms with Crippen molar-refractivity contribution < 1.29 is 9.53 Å². The first-order valence-electron chi connectivity index (χ1n) is 8.12. The molecule has 21 heavy (non-hydrogen) atoms. The highest BCUT2D eigenvalue weighted by atomic mass is 16.5. The number of ether oxygens (including phenoxy) is 1. The smallest absolute Gasteiger partial charge is 0.163 e. The summed E-state index contributed by atoms with van der Waals surface area (Å²) in [5.41, 5.74) is 0.683. The lowest BCUT2D eigenvalue weighted by Gasteiger charge is -2.30. The van der Waals surface area contributed by atoms with E-state index < -0.39 is 0 Å². The molecule has 0 saturated carbocycles. The van der Waals surface area contributed by atoms with E-state index in [0.717, 1.165) is 24.5 Å². The second-order valence-corrected chi connectivity index (χ2v) is 6.16. The van der Waals surface area contributed by atoms with Gasteiger partial charge in [-0.3, -0.25) is 4.79 Å². The standard InChI is InChI=1S/C18H27NO2/c1-15-8-7-12-19(14-15)11-5-6-13-21-18-10-4-3-9-17(18)16(2)20/h3-4,9-10,15H,5-8,11-14H2,1-2H3/t15-/m1/s1. The molecule has 0 spiro atoms. The predicted molar refractivity (Wildman–Crippen MR) is 86.0 cm³/mol. The maximum absolute atomic E-state index is 11.5. The number of benzene rings is 1. The highest BCUT2D eigenvalue weighted by Gasteiger charge is 2.15. The van der Waals surface area contributed by atoms with Gasteiger partial charge in [-0.2, -0.15) is 0 Å². The predicted octanol–water partition coefficient (Wildman–Crippen LogP) is 3.78. The van der Waals surface area contributed by atoms with Crippen LogP contribution in [0.2, 0.25) is 0 Å². The third-order valence-corrected chi connectivity index (χ3v) is 4.13. The molecule has 1 aliphatic rings. The molecule has 1 atom stereocenters. The molecule has 3 heteroatoms. The highest BCUT2D eigenvalue weighted by Crippen LogP contribution is 2.19. The van der Waals surface area contributed by atoms with Gasteiger partial charge in [0.25, 0.3) is 0 Å². The minimum Gasteiger partial charge on any atom is -0.493 e. The van der Waals surface area contributed by atoms with E-state index in [9.17, 15) is 4.79 Å². The summed E-state index contributed by atoms with van der Waals surface area (Å²) < 4.78 is 5.77. The van der Waals surface area contributed by atoms with Crippen molar-refractivity contribution in [2.24, 2.45) is 5.92 Å². The third kappa shape index (κ3) is 5.16. The molecule has 1 aromatic rings. The van der Waals surface area contributed by atoms with Crippen molar-refractivity contribution >= 4 is 5.78 Å². The lowest BCUT2D eigenvalue weighted by molar-refractivity contribution is 0.101. The second-order valence-electron chi connectivity index (χ2n) is 6.16. The Labute approximate surface area is 128 Å². The lowest BCUT2D eigenvalue weighted by Crippen LogP contribution is -2.35. The second kappa shape index (κ2) is 8.18. The fourth-order valence-corrected chi connectivity index (χ4v) is 2.99. The molecule has 0 aliphatic carbocycles. The van der Waals surface area contributed by atoms with Crippen LogP contribution in [0.1, 0.15) is 49.9 Å². The van der Waals surface area contributed by atoms with Crippen molar-refractivity contribution in [3.63, 3.8) is 0 Å². The number of likely N-dealkylation sites (tertiary alicyclic amines) is 1. The zero-order valence-corrected chi connectivity index (χ0v) is 13.3. The molecule has 1 saturated heterocycles. The van der Waals surface area contributed by atoms with Crippen LogP contribution in [-0.2, 0) is 0 Å². The molecule has 0 N–H and O–H groups in total. The van der Waals surface area contributed by atoms with Gasteiger partial charge in [0, 0.05) is 6.54 Å². The summed E-state index contributed by atoms with van der Waals surface area (Å²) in [6, 6.07) is 7.49. The SMILES string of the molecule is CC(=O)c1ccccc1OCCCCN1CCC[C@@H](C)C1. The number of para-hydroxylation sites is 1. The van der Waals surface area contributed by atoms with Crippen LogP contribution in [0.15, 0.2) is 24.3 Å². The van der Waals surface area contributed by atoms with Gasteiger partial charge in [0.2, 0.25) is 0 Å². The van der Waals surface area contributed by atoms with Crippen molar-refractivity contribution in [2.45, 2.75) is 39.5 Å². The zero-order chi connectivity index (χ0) is 15.1. The van der Waals surface area contributed by atoms with E-state index in [1.54, 1.807) is 6.92 Å². The molecule has 1 fully saturated rings. The summed E-state index contributed by atoms with van der Waals surface area (Å²) in [6.07, 6.45) is 4.91. The molecule has 0 unspecified atom stereocenters. The van der Waals surface area contributed by atoms with Crippen LogP contribution in [0, 0.1) is 5.92 Å². The summed E-state index contributed by atoms with van der Waals surface area (Å²) in [5, 5.41) is 0. The number of piperidine rings is 1. The van der Waals surface area contributed by atoms with Crippen LogP contribution in [-0.4, -0.2) is 36.9 Å². The van der Waals surface area contributed by atoms with E-state index in [-0.39, 0.29) is 5.78 Å². The van der Waals surface area contributed by atoms with E-state index in [1.165, 1.54) is 32.5 Å². The minimum absolute atomic E-state index is 0.0629. The number of carbonyl (C=O) groups is 1. The van der Waals surface area contributed by atoms with E-state index in [4.69, 9.17) is 4.74 Å². The van der Waals surface area contributed by atoms with Crippen LogP contribution < -0.4 is 4.74 Å². The topological polar surface area (TPSA) is 29.5 Å². The number of hydrogen-bond acceptors (Lipinski definition) is 3. The zero-order valence-electron chi connectivity index (χ0n) is 13.3. The highest BCUT2D eigenvalue weighted by molar-refractivity contribution is 5.96. The average molecular weight is 289 g/mol. The van der Waals surface area contributed by atoms with Crippen molar-refractivity contribution in [1.29, 1.82) is 0 Å². The summed E-state index contributed by atoms with van der Waals surface area (Å²) in [5.74, 6) is 1.63. The molecule has 2 rings (SSSR count). The van der Waals surface area contributed by atoms with Crippen LogP contribution in [0.4, 0.5) is 0 Å². The van der Waals surface area contributed by atoms with Crippen LogP contribution in [0.5, 0.6) is 5.75 Å². The van der Waals surface area contributed by atoms with Gasteiger partial charge in [-0.1, -0.05) is 19.1 Å². The Hall–Kier alpha value is -1.35. The van der Waals surface area contributed by atoms with Gasteiger partial charge in [-0.25, -0.2) is 0 Å². The molecule has 0 radical (unpaired) electrons. The Morgan fingerprint density at radius 2 is 2.14 bits per heavy atom. The van der Waals surface area contributed by atoms with Gasteiger partial charge < -0.3 is 9.64 Å². The molecule has 0 aromatic heterocycles. The van der Waals surface area contributed by atoms with Gasteiger partial charge in [0.1, 0.15) is 5.75 Å². The fraction of sp³-hybridized carbons (Fsp3) is 0.611. The lowest BCUT2D eigenvalue weighted by atomic mass is 10.0. The molecular formula is C18H27NO2. The molecule has 1 heterocycles. The molecule has 1 aliphatic heterocycles. The van der Waals surface area contributed by atoms with Gasteiger partial charge >= 0.3 is 0 Å². The monoisotopic (exact) mass is 289 g/mol. The van der Waals surface area contributed by atoms with Crippen molar-refractivity contribution in [3.05, 3.63) is 29.8 Å². The number of ketones is 1. The van der Waals surface area contributed by atoms with Crippen LogP contribution in [0.25, 0.3) is 0 Å². The van der Waals surface area contributed by atoms with Gasteiger partial charge in [-0.15, -0.1) is 0 Å². The molecule has 116 valence electrons. The van der Waals surface area contributed by atoms with Crippen molar-refractivity contribution in [2.75, 3.05) is 26.2 Å². The molecular weight excluding hydrogens is 262 g/mol. The van der Waals surface area contributed by atoms with Gasteiger partial charge in [0.15, 0.2) is 5.78 Å². The largest absolute Gasteiger partial charge is 0.493 e. The van der Waals surface area contributed by atoms with Gasteiger partial charge in [-0.05, 0) is 63.7 Å². The maximum atomic E-state index is 11.5. The third-order valence-electron chi connectivity index (χ3n) is 4.13. The van der Waals surface area contributed by atoms with E-state index >= 15 is 0 Å². The Morgan fingerprint density at radius 3 is 2.90 bits per heavy atom. The Kier molecular flexibility index (Phi) is 6.24. The molecule has 3 nitrogen and oxygen atoms in total. The Bertz CT molecular complexity index is 458. The van der Waals surface area contributed by atoms with Crippen LogP contribution in [0.3, 0.4) is 0 Å². The van der Waals surface area contributed by atoms with Gasteiger partial charge in [0.05, 0.1) is 12.2 Å².